The SMILES string of the molecule is CCc1ccc(NC(=O)CO/N=C\c2cc(OC)ccc2OC)cc1. The molecule has 132 valence electrons. The number of hydrogen-bond donors (Lipinski definition) is 1. The maximum Gasteiger partial charge on any atom is 0.265 e. The van der Waals surface area contributed by atoms with Gasteiger partial charge in [-0.3, -0.25) is 4.79 Å². The molecule has 0 fully saturated rings. The fraction of sp³-hybridized carbons (Fsp3) is 0.263. The molecule has 0 radical (unpaired) electrons. The Bertz CT molecular complexity index is 727. The van der Waals surface area contributed by atoms with Crippen LogP contribution in [0, 0.1) is 0 Å². The Morgan fingerprint density at radius 3 is 2.52 bits per heavy atom. The van der Waals surface area contributed by atoms with E-state index in [1.54, 1.807) is 32.4 Å². The fourth-order valence-electron chi connectivity index (χ4n) is 2.15. The highest BCUT2D eigenvalue weighted by Gasteiger charge is 2.04. The summed E-state index contributed by atoms with van der Waals surface area (Å²) in [6, 6.07) is 13.0. The van der Waals surface area contributed by atoms with Crippen LogP contribution in [0.15, 0.2) is 47.6 Å². The third-order valence-electron chi connectivity index (χ3n) is 3.54. The van der Waals surface area contributed by atoms with E-state index >= 15 is 0 Å². The molecule has 0 unspecified atom stereocenters. The van der Waals surface area contributed by atoms with Crippen molar-refractivity contribution in [3.63, 3.8) is 0 Å². The lowest BCUT2D eigenvalue weighted by molar-refractivity contribution is -0.120. The first-order chi connectivity index (χ1) is 12.2. The number of oxime groups is 1. The predicted octanol–water partition coefficient (Wildman–Crippen LogP) is 3.26. The number of methoxy groups -OCH3 is 2. The van der Waals surface area contributed by atoms with Crippen LogP contribution in [-0.2, 0) is 16.1 Å². The van der Waals surface area contributed by atoms with Gasteiger partial charge in [-0.2, -0.15) is 0 Å². The number of nitrogens with one attached hydrogen (secondary N) is 1. The lowest BCUT2D eigenvalue weighted by Gasteiger charge is -2.07. The predicted molar refractivity (Wildman–Crippen MR) is 97.5 cm³/mol. The van der Waals surface area contributed by atoms with Crippen LogP contribution in [0.25, 0.3) is 0 Å². The van der Waals surface area contributed by atoms with Gasteiger partial charge in [0, 0.05) is 11.3 Å². The lowest BCUT2D eigenvalue weighted by atomic mass is 10.1. The minimum atomic E-state index is -0.279. The van der Waals surface area contributed by atoms with Crippen LogP contribution < -0.4 is 14.8 Å². The molecular formula is C19H22N2O4. The highest BCUT2D eigenvalue weighted by Crippen LogP contribution is 2.22. The quantitative estimate of drug-likeness (QED) is 0.590. The number of aryl methyl sites for hydroxylation is 1. The molecule has 0 aliphatic carbocycles. The number of nitrogens with zero attached hydrogens (tertiary/aromatic N) is 1. The van der Waals surface area contributed by atoms with Crippen LogP contribution in [0.4, 0.5) is 5.69 Å². The fourth-order valence-corrected chi connectivity index (χ4v) is 2.15. The largest absolute Gasteiger partial charge is 0.497 e. The third kappa shape index (κ3) is 5.53. The maximum absolute atomic E-state index is 11.8. The van der Waals surface area contributed by atoms with Gasteiger partial charge >= 0.3 is 0 Å². The highest BCUT2D eigenvalue weighted by atomic mass is 16.6. The van der Waals surface area contributed by atoms with E-state index in [2.05, 4.69) is 17.4 Å². The van der Waals surface area contributed by atoms with E-state index in [-0.39, 0.29) is 12.5 Å². The van der Waals surface area contributed by atoms with Crippen molar-refractivity contribution in [1.29, 1.82) is 0 Å². The first-order valence-electron chi connectivity index (χ1n) is 7.92. The van der Waals surface area contributed by atoms with Gasteiger partial charge in [-0.15, -0.1) is 0 Å². The van der Waals surface area contributed by atoms with Crippen LogP contribution in [0.3, 0.4) is 0 Å². The molecular weight excluding hydrogens is 320 g/mol. The summed E-state index contributed by atoms with van der Waals surface area (Å²) in [6.45, 7) is 1.90. The molecule has 25 heavy (non-hydrogen) atoms. The number of anilines is 1. The molecule has 0 aromatic heterocycles. The van der Waals surface area contributed by atoms with Gasteiger partial charge in [0.05, 0.1) is 20.4 Å². The topological polar surface area (TPSA) is 69.2 Å². The van der Waals surface area contributed by atoms with E-state index in [4.69, 9.17) is 14.3 Å². The molecule has 6 nitrogen and oxygen atoms in total. The van der Waals surface area contributed by atoms with Crippen LogP contribution in [0.2, 0.25) is 0 Å². The van der Waals surface area contributed by atoms with Gasteiger partial charge in [0.2, 0.25) is 0 Å². The summed E-state index contributed by atoms with van der Waals surface area (Å²) in [5.41, 5.74) is 2.63. The minimum absolute atomic E-state index is 0.182. The summed E-state index contributed by atoms with van der Waals surface area (Å²) < 4.78 is 10.4. The lowest BCUT2D eigenvalue weighted by Crippen LogP contribution is -2.16. The number of carbonyl (C=O) groups is 1. The second-order valence-corrected chi connectivity index (χ2v) is 5.21. The number of rotatable bonds is 8. The van der Waals surface area contributed by atoms with Crippen molar-refractivity contribution < 1.29 is 19.1 Å². The third-order valence-corrected chi connectivity index (χ3v) is 3.54. The van der Waals surface area contributed by atoms with Gasteiger partial charge in [-0.1, -0.05) is 24.2 Å². The van der Waals surface area contributed by atoms with Gasteiger partial charge in [0.1, 0.15) is 11.5 Å². The Morgan fingerprint density at radius 1 is 1.12 bits per heavy atom. The summed E-state index contributed by atoms with van der Waals surface area (Å²) in [4.78, 5) is 16.9. The molecule has 0 bridgehead atoms. The van der Waals surface area contributed by atoms with Crippen LogP contribution in [0.1, 0.15) is 18.1 Å². The van der Waals surface area contributed by atoms with Crippen molar-refractivity contribution in [1.82, 2.24) is 0 Å². The molecule has 2 aromatic carbocycles. The second kappa shape index (κ2) is 9.32. The highest BCUT2D eigenvalue weighted by molar-refractivity contribution is 5.91. The summed E-state index contributed by atoms with van der Waals surface area (Å²) in [5, 5.41) is 6.56. The Hall–Kier alpha value is -3.02. The molecule has 0 spiro atoms. The van der Waals surface area contributed by atoms with Crippen molar-refractivity contribution in [3.05, 3.63) is 53.6 Å². The van der Waals surface area contributed by atoms with Crippen molar-refractivity contribution in [2.75, 3.05) is 26.1 Å². The molecule has 0 saturated heterocycles. The number of benzene rings is 2. The number of hydrogen-bond acceptors (Lipinski definition) is 5. The van der Waals surface area contributed by atoms with E-state index in [1.165, 1.54) is 11.8 Å². The number of amides is 1. The number of ether oxygens (including phenoxy) is 2. The summed E-state index contributed by atoms with van der Waals surface area (Å²) in [7, 11) is 3.15. The molecule has 1 N–H and O–H groups in total. The molecule has 6 heteroatoms. The molecule has 2 aromatic rings. The summed E-state index contributed by atoms with van der Waals surface area (Å²) in [6.07, 6.45) is 2.43. The molecule has 0 saturated carbocycles. The van der Waals surface area contributed by atoms with Crippen LogP contribution in [-0.4, -0.2) is 32.9 Å². The zero-order chi connectivity index (χ0) is 18.1. The maximum atomic E-state index is 11.8. The molecule has 2 rings (SSSR count). The minimum Gasteiger partial charge on any atom is -0.497 e. The van der Waals surface area contributed by atoms with Crippen LogP contribution in [0.5, 0.6) is 11.5 Å². The second-order valence-electron chi connectivity index (χ2n) is 5.21. The van der Waals surface area contributed by atoms with Crippen molar-refractivity contribution in [3.8, 4) is 11.5 Å². The molecule has 0 heterocycles. The molecule has 0 atom stereocenters. The van der Waals surface area contributed by atoms with E-state index in [1.807, 2.05) is 24.3 Å². The Morgan fingerprint density at radius 2 is 1.88 bits per heavy atom. The zero-order valence-electron chi connectivity index (χ0n) is 14.6. The number of carbonyl (C=O) groups excluding carboxylic acids is 1. The Balaban J connectivity index is 1.86. The average Bonchev–Trinajstić information content (AvgIpc) is 2.65. The average molecular weight is 342 g/mol. The molecule has 0 aliphatic rings. The smallest absolute Gasteiger partial charge is 0.265 e. The summed E-state index contributed by atoms with van der Waals surface area (Å²) in [5.74, 6) is 1.03. The van der Waals surface area contributed by atoms with Gasteiger partial charge in [-0.05, 0) is 42.3 Å². The van der Waals surface area contributed by atoms with Crippen molar-refractivity contribution in [2.24, 2.45) is 5.16 Å². The monoisotopic (exact) mass is 342 g/mol. The van der Waals surface area contributed by atoms with Gasteiger partial charge in [0.15, 0.2) is 6.61 Å². The molecule has 1 amide bonds. The molecule has 0 aliphatic heterocycles. The van der Waals surface area contributed by atoms with E-state index in [9.17, 15) is 4.79 Å². The first-order valence-corrected chi connectivity index (χ1v) is 7.92. The van der Waals surface area contributed by atoms with Gasteiger partial charge in [0.25, 0.3) is 5.91 Å². The van der Waals surface area contributed by atoms with Gasteiger partial charge < -0.3 is 19.6 Å². The van der Waals surface area contributed by atoms with Gasteiger partial charge in [-0.25, -0.2) is 0 Å². The zero-order valence-corrected chi connectivity index (χ0v) is 14.6. The Labute approximate surface area is 147 Å². The normalized spacial score (nSPS) is 10.5. The van der Waals surface area contributed by atoms with E-state index < -0.39 is 0 Å². The summed E-state index contributed by atoms with van der Waals surface area (Å²) >= 11 is 0. The van der Waals surface area contributed by atoms with E-state index in [0.717, 1.165) is 12.1 Å². The standard InChI is InChI=1S/C19H22N2O4/c1-4-14-5-7-16(8-6-14)21-19(22)13-25-20-12-15-11-17(23-2)9-10-18(15)24-3/h5-12H,4,13H2,1-3H3,(H,21,22)/b20-12-. The first kappa shape index (κ1) is 18.3. The van der Waals surface area contributed by atoms with Crippen LogP contribution >= 0.6 is 0 Å². The van der Waals surface area contributed by atoms with E-state index in [0.29, 0.717) is 17.1 Å². The van der Waals surface area contributed by atoms with Crippen molar-refractivity contribution >= 4 is 17.8 Å². The van der Waals surface area contributed by atoms with Crippen molar-refractivity contribution in [2.45, 2.75) is 13.3 Å². The Kier molecular flexibility index (Phi) is 6.83.